The van der Waals surface area contributed by atoms with Gasteiger partial charge in [0.2, 0.25) is 0 Å². The number of hydrogen-bond acceptors (Lipinski definition) is 6. The molecule has 4 rings (SSSR count). The van der Waals surface area contributed by atoms with Crippen molar-refractivity contribution in [3.05, 3.63) is 24.3 Å². The first-order chi connectivity index (χ1) is 16.2. The van der Waals surface area contributed by atoms with E-state index in [1.54, 1.807) is 0 Å². The smallest absolute Gasteiger partial charge is 0.306 e. The zero-order valence-electron chi connectivity index (χ0n) is 18.9. The third-order valence-corrected chi connectivity index (χ3v) is 7.07. The lowest BCUT2D eigenvalue weighted by atomic mass is 9.82. The highest BCUT2D eigenvalue weighted by atomic mass is 16.4. The third kappa shape index (κ3) is 6.39. The predicted molar refractivity (Wildman–Crippen MR) is 118 cm³/mol. The van der Waals surface area contributed by atoms with E-state index in [-0.39, 0.29) is 47.3 Å². The van der Waals surface area contributed by atoms with Gasteiger partial charge in [0.15, 0.2) is 0 Å². The highest BCUT2D eigenvalue weighted by Crippen LogP contribution is 2.31. The van der Waals surface area contributed by atoms with Gasteiger partial charge in [0, 0.05) is 37.4 Å². The summed E-state index contributed by atoms with van der Waals surface area (Å²) in [6, 6.07) is 0. The van der Waals surface area contributed by atoms with Crippen molar-refractivity contribution in [2.45, 2.75) is 51.4 Å². The van der Waals surface area contributed by atoms with Crippen LogP contribution in [0.1, 0.15) is 51.4 Å². The molecule has 2 saturated carbocycles. The summed E-state index contributed by atoms with van der Waals surface area (Å²) < 4.78 is 0. The van der Waals surface area contributed by atoms with Gasteiger partial charge in [0.05, 0.1) is 11.8 Å². The fourth-order valence-electron chi connectivity index (χ4n) is 4.92. The summed E-state index contributed by atoms with van der Waals surface area (Å²) in [6.07, 6.45) is 10.8. The Bertz CT molecular complexity index is 798. The van der Waals surface area contributed by atoms with Crippen molar-refractivity contribution in [3.63, 3.8) is 0 Å². The first-order valence-corrected chi connectivity index (χ1v) is 11.7. The fourth-order valence-corrected chi connectivity index (χ4v) is 4.92. The molecular formula is C24H30N2O8. The Morgan fingerprint density at radius 2 is 0.853 bits per heavy atom. The third-order valence-electron chi connectivity index (χ3n) is 7.07. The molecule has 2 aliphatic carbocycles. The summed E-state index contributed by atoms with van der Waals surface area (Å²) in [6.45, 7) is 0.855. The molecular weight excluding hydrogens is 444 g/mol. The molecule has 0 spiro atoms. The van der Waals surface area contributed by atoms with Crippen molar-refractivity contribution in [3.8, 4) is 0 Å². The number of carboxylic acids is 2. The Balaban J connectivity index is 0.000000191. The van der Waals surface area contributed by atoms with Crippen LogP contribution in [0.5, 0.6) is 0 Å². The Labute approximate surface area is 197 Å². The quantitative estimate of drug-likeness (QED) is 0.551. The van der Waals surface area contributed by atoms with E-state index in [2.05, 4.69) is 0 Å². The van der Waals surface area contributed by atoms with Crippen molar-refractivity contribution >= 4 is 35.6 Å². The summed E-state index contributed by atoms with van der Waals surface area (Å²) >= 11 is 0. The highest BCUT2D eigenvalue weighted by Gasteiger charge is 2.32. The van der Waals surface area contributed by atoms with Crippen LogP contribution in [0.3, 0.4) is 0 Å². The van der Waals surface area contributed by atoms with Crippen LogP contribution in [0, 0.1) is 23.7 Å². The Morgan fingerprint density at radius 1 is 0.588 bits per heavy atom. The Kier molecular flexibility index (Phi) is 8.36. The van der Waals surface area contributed by atoms with Crippen molar-refractivity contribution in [1.82, 2.24) is 9.80 Å². The van der Waals surface area contributed by atoms with E-state index in [0.29, 0.717) is 38.8 Å². The largest absolute Gasteiger partial charge is 0.481 e. The van der Waals surface area contributed by atoms with Crippen LogP contribution in [-0.2, 0) is 28.8 Å². The molecule has 2 N–H and O–H groups in total. The monoisotopic (exact) mass is 474 g/mol. The number of amides is 4. The van der Waals surface area contributed by atoms with E-state index in [0.717, 1.165) is 25.7 Å². The highest BCUT2D eigenvalue weighted by molar-refractivity contribution is 6.13. The van der Waals surface area contributed by atoms with Crippen LogP contribution in [-0.4, -0.2) is 68.7 Å². The Hall–Kier alpha value is -3.30. The molecule has 0 aromatic rings. The summed E-state index contributed by atoms with van der Waals surface area (Å²) in [5.74, 6) is -2.51. The molecule has 10 nitrogen and oxygen atoms in total. The van der Waals surface area contributed by atoms with Gasteiger partial charge in [-0.25, -0.2) is 0 Å². The maximum absolute atomic E-state index is 11.4. The van der Waals surface area contributed by atoms with Gasteiger partial charge in [-0.05, 0) is 63.2 Å². The number of hydrogen-bond donors (Lipinski definition) is 2. The molecule has 0 saturated heterocycles. The second kappa shape index (κ2) is 11.2. The number of rotatable bonds is 6. The van der Waals surface area contributed by atoms with Crippen LogP contribution in [0.25, 0.3) is 0 Å². The molecule has 2 heterocycles. The first-order valence-electron chi connectivity index (χ1n) is 11.7. The molecule has 0 bridgehead atoms. The van der Waals surface area contributed by atoms with Gasteiger partial charge in [0.1, 0.15) is 0 Å². The van der Waals surface area contributed by atoms with E-state index in [1.807, 2.05) is 0 Å². The molecule has 34 heavy (non-hydrogen) atoms. The molecule has 0 aromatic carbocycles. The minimum Gasteiger partial charge on any atom is -0.481 e. The average Bonchev–Trinajstić information content (AvgIpc) is 3.30. The lowest BCUT2D eigenvalue weighted by molar-refractivity contribution is -0.144. The number of imide groups is 2. The topological polar surface area (TPSA) is 149 Å². The molecule has 0 radical (unpaired) electrons. The molecule has 2 fully saturated rings. The van der Waals surface area contributed by atoms with Gasteiger partial charge in [0.25, 0.3) is 23.6 Å². The van der Waals surface area contributed by atoms with E-state index < -0.39 is 11.9 Å². The van der Waals surface area contributed by atoms with E-state index >= 15 is 0 Å². The van der Waals surface area contributed by atoms with Crippen LogP contribution in [0.15, 0.2) is 24.3 Å². The minimum atomic E-state index is -0.738. The summed E-state index contributed by atoms with van der Waals surface area (Å²) in [7, 11) is 0. The first kappa shape index (κ1) is 25.3. The van der Waals surface area contributed by atoms with Gasteiger partial charge < -0.3 is 10.2 Å². The van der Waals surface area contributed by atoms with E-state index in [1.165, 1.54) is 34.1 Å². The lowest BCUT2D eigenvalue weighted by Crippen LogP contribution is -2.36. The van der Waals surface area contributed by atoms with Crippen LogP contribution in [0.4, 0.5) is 0 Å². The van der Waals surface area contributed by atoms with Gasteiger partial charge >= 0.3 is 11.9 Å². The second-order valence-corrected chi connectivity index (χ2v) is 9.35. The minimum absolute atomic E-state index is 0.249. The van der Waals surface area contributed by atoms with Crippen LogP contribution < -0.4 is 0 Å². The van der Waals surface area contributed by atoms with Crippen LogP contribution in [0.2, 0.25) is 0 Å². The van der Waals surface area contributed by atoms with Gasteiger partial charge in [-0.15, -0.1) is 0 Å². The normalized spacial score (nSPS) is 28.8. The number of carboxylic acid groups (broad SMARTS) is 2. The van der Waals surface area contributed by atoms with Crippen molar-refractivity contribution in [1.29, 1.82) is 0 Å². The number of carbonyl (C=O) groups excluding carboxylic acids is 4. The van der Waals surface area contributed by atoms with Crippen molar-refractivity contribution < 1.29 is 39.0 Å². The maximum Gasteiger partial charge on any atom is 0.306 e. The number of nitrogens with zero attached hydrogens (tertiary/aromatic N) is 2. The second-order valence-electron chi connectivity index (χ2n) is 9.35. The molecule has 0 atom stereocenters. The molecule has 10 heteroatoms. The van der Waals surface area contributed by atoms with Gasteiger partial charge in [-0.1, -0.05) is 0 Å². The molecule has 2 aliphatic heterocycles. The SMILES string of the molecule is O=C(O)C1CCC(CN2C(=O)C=CC2=O)CC1.O=C(O)C1CCC(CN2C(=O)C=CC2=O)CC1. The summed E-state index contributed by atoms with van der Waals surface area (Å²) in [5.41, 5.74) is 0. The Morgan fingerprint density at radius 3 is 1.09 bits per heavy atom. The molecule has 0 aromatic heterocycles. The summed E-state index contributed by atoms with van der Waals surface area (Å²) in [4.78, 5) is 69.5. The van der Waals surface area contributed by atoms with Gasteiger partial charge in [-0.3, -0.25) is 38.6 Å². The standard InChI is InChI=1S/2C12H15NO4/c2*14-10-5-6-11(15)13(10)7-8-1-3-9(4-2-8)12(16)17/h2*5-6,8-9H,1-4,7H2,(H,16,17). The van der Waals surface area contributed by atoms with Crippen molar-refractivity contribution in [2.75, 3.05) is 13.1 Å². The van der Waals surface area contributed by atoms with E-state index in [9.17, 15) is 28.8 Å². The molecule has 184 valence electrons. The van der Waals surface area contributed by atoms with E-state index in [4.69, 9.17) is 10.2 Å². The summed E-state index contributed by atoms with van der Waals surface area (Å²) in [5, 5.41) is 17.7. The van der Waals surface area contributed by atoms with Crippen molar-refractivity contribution in [2.24, 2.45) is 23.7 Å². The zero-order chi connectivity index (χ0) is 24.8. The molecule has 4 aliphatic rings. The number of carbonyl (C=O) groups is 6. The zero-order valence-corrected chi connectivity index (χ0v) is 18.9. The average molecular weight is 475 g/mol. The predicted octanol–water partition coefficient (Wildman–Crippen LogP) is 1.60. The van der Waals surface area contributed by atoms with Crippen LogP contribution >= 0.6 is 0 Å². The number of aliphatic carboxylic acids is 2. The molecule has 0 unspecified atom stereocenters. The molecule has 4 amide bonds. The fraction of sp³-hybridized carbons (Fsp3) is 0.583. The maximum atomic E-state index is 11.4. The lowest BCUT2D eigenvalue weighted by Gasteiger charge is -2.28. The van der Waals surface area contributed by atoms with Gasteiger partial charge in [-0.2, -0.15) is 0 Å².